The Hall–Kier alpha value is -2.01. The molecule has 0 aliphatic rings. The minimum Gasteiger partial charge on any atom is -0.491 e. The van der Waals surface area contributed by atoms with Gasteiger partial charge in [-0.05, 0) is 63.2 Å². The zero-order valence-corrected chi connectivity index (χ0v) is 15.0. The number of hydrogen-bond acceptors (Lipinski definition) is 3. The lowest BCUT2D eigenvalue weighted by molar-refractivity contribution is -0.122. The summed E-state index contributed by atoms with van der Waals surface area (Å²) in [6.45, 7) is 5.65. The molecule has 4 nitrogen and oxygen atoms in total. The average molecular weight is 378 g/mol. The summed E-state index contributed by atoms with van der Waals surface area (Å²) in [5.41, 5.74) is 0.704. The van der Waals surface area contributed by atoms with E-state index in [4.69, 9.17) is 9.47 Å². The minimum atomic E-state index is -0.601. The number of rotatable bonds is 6. The fourth-order valence-corrected chi connectivity index (χ4v) is 2.31. The number of hydrogen-bond donors (Lipinski definition) is 1. The zero-order chi connectivity index (χ0) is 16.8. The quantitative estimate of drug-likeness (QED) is 0.797. The molecule has 23 heavy (non-hydrogen) atoms. The molecule has 1 N–H and O–H groups in total. The second kappa shape index (κ2) is 8.02. The summed E-state index contributed by atoms with van der Waals surface area (Å²) in [7, 11) is 0. The highest BCUT2D eigenvalue weighted by molar-refractivity contribution is 9.10. The van der Waals surface area contributed by atoms with E-state index in [2.05, 4.69) is 21.2 Å². The summed E-state index contributed by atoms with van der Waals surface area (Å²) in [6.07, 6.45) is -0.482. The van der Waals surface area contributed by atoms with E-state index in [1.807, 2.05) is 50.2 Å². The molecule has 0 saturated carbocycles. The Kier molecular flexibility index (Phi) is 6.04. The van der Waals surface area contributed by atoms with Gasteiger partial charge >= 0.3 is 0 Å². The van der Waals surface area contributed by atoms with Gasteiger partial charge in [0.1, 0.15) is 11.5 Å². The Labute approximate surface area is 144 Å². The minimum absolute atomic E-state index is 0.119. The second-order valence-electron chi connectivity index (χ2n) is 5.40. The van der Waals surface area contributed by atoms with Crippen molar-refractivity contribution < 1.29 is 14.3 Å². The first kappa shape index (κ1) is 17.3. The number of ether oxygens (including phenoxy) is 2. The highest BCUT2D eigenvalue weighted by Gasteiger charge is 2.15. The summed E-state index contributed by atoms with van der Waals surface area (Å²) in [6, 6.07) is 14.7. The maximum atomic E-state index is 12.2. The van der Waals surface area contributed by atoms with Crippen LogP contribution in [0.1, 0.15) is 20.8 Å². The van der Waals surface area contributed by atoms with E-state index in [-0.39, 0.29) is 12.0 Å². The van der Waals surface area contributed by atoms with Crippen LogP contribution in [0.4, 0.5) is 5.69 Å². The Morgan fingerprint density at radius 2 is 1.70 bits per heavy atom. The van der Waals surface area contributed by atoms with Crippen LogP contribution in [0.25, 0.3) is 0 Å². The number of anilines is 1. The van der Waals surface area contributed by atoms with E-state index in [9.17, 15) is 4.79 Å². The van der Waals surface area contributed by atoms with Crippen molar-refractivity contribution in [3.63, 3.8) is 0 Å². The molecule has 0 aliphatic heterocycles. The Bertz CT molecular complexity index is 656. The van der Waals surface area contributed by atoms with Crippen LogP contribution in [0, 0.1) is 0 Å². The van der Waals surface area contributed by atoms with E-state index >= 15 is 0 Å². The molecule has 0 spiro atoms. The van der Waals surface area contributed by atoms with Crippen molar-refractivity contribution in [3.8, 4) is 11.5 Å². The Balaban J connectivity index is 1.92. The van der Waals surface area contributed by atoms with Gasteiger partial charge in [0, 0.05) is 10.2 Å². The standard InChI is InChI=1S/C18H20BrNO3/c1-12(2)22-16-9-7-15(8-10-16)20-18(21)13(3)23-17-6-4-5-14(19)11-17/h4-13H,1-3H3,(H,20,21)/t13-/m1/s1. The number of amides is 1. The first-order valence-electron chi connectivity index (χ1n) is 7.44. The van der Waals surface area contributed by atoms with Crippen LogP contribution in [0.3, 0.4) is 0 Å². The van der Waals surface area contributed by atoms with Gasteiger partial charge < -0.3 is 14.8 Å². The molecule has 0 bridgehead atoms. The molecule has 0 saturated heterocycles. The number of halogens is 1. The molecule has 0 heterocycles. The van der Waals surface area contributed by atoms with Gasteiger partial charge in [0.25, 0.3) is 5.91 Å². The van der Waals surface area contributed by atoms with Crippen LogP contribution in [-0.4, -0.2) is 18.1 Å². The third kappa shape index (κ3) is 5.60. The van der Waals surface area contributed by atoms with Crippen molar-refractivity contribution in [2.45, 2.75) is 33.0 Å². The molecule has 5 heteroatoms. The lowest BCUT2D eigenvalue weighted by atomic mass is 10.2. The first-order valence-corrected chi connectivity index (χ1v) is 8.23. The molecule has 1 amide bonds. The van der Waals surface area contributed by atoms with Gasteiger partial charge in [0.15, 0.2) is 6.10 Å². The lowest BCUT2D eigenvalue weighted by Crippen LogP contribution is -2.30. The molecule has 0 radical (unpaired) electrons. The molecule has 0 aliphatic carbocycles. The van der Waals surface area contributed by atoms with Gasteiger partial charge in [-0.25, -0.2) is 0 Å². The predicted molar refractivity (Wildman–Crippen MR) is 95.1 cm³/mol. The van der Waals surface area contributed by atoms with Gasteiger partial charge in [0.2, 0.25) is 0 Å². The number of carbonyl (C=O) groups is 1. The predicted octanol–water partition coefficient (Wildman–Crippen LogP) is 4.64. The van der Waals surface area contributed by atoms with Crippen molar-refractivity contribution >= 4 is 27.5 Å². The average Bonchev–Trinajstić information content (AvgIpc) is 2.48. The van der Waals surface area contributed by atoms with Crippen molar-refractivity contribution in [2.75, 3.05) is 5.32 Å². The molecule has 0 unspecified atom stereocenters. The van der Waals surface area contributed by atoms with Crippen molar-refractivity contribution in [3.05, 3.63) is 53.0 Å². The van der Waals surface area contributed by atoms with E-state index < -0.39 is 6.10 Å². The van der Waals surface area contributed by atoms with Crippen molar-refractivity contribution in [2.24, 2.45) is 0 Å². The van der Waals surface area contributed by atoms with Crippen molar-refractivity contribution in [1.82, 2.24) is 0 Å². The molecule has 0 fully saturated rings. The second-order valence-corrected chi connectivity index (χ2v) is 6.31. The van der Waals surface area contributed by atoms with Gasteiger partial charge in [-0.3, -0.25) is 4.79 Å². The Morgan fingerprint density at radius 1 is 1.00 bits per heavy atom. The van der Waals surface area contributed by atoms with Crippen LogP contribution in [0.2, 0.25) is 0 Å². The third-order valence-corrected chi connectivity index (χ3v) is 3.47. The largest absolute Gasteiger partial charge is 0.491 e. The first-order chi connectivity index (χ1) is 10.9. The van der Waals surface area contributed by atoms with E-state index in [0.29, 0.717) is 11.4 Å². The maximum absolute atomic E-state index is 12.2. The van der Waals surface area contributed by atoms with E-state index in [1.165, 1.54) is 0 Å². The van der Waals surface area contributed by atoms with E-state index in [1.54, 1.807) is 19.1 Å². The molecule has 2 aromatic carbocycles. The molecule has 122 valence electrons. The number of carbonyl (C=O) groups excluding carboxylic acids is 1. The smallest absolute Gasteiger partial charge is 0.265 e. The molecular weight excluding hydrogens is 358 g/mol. The molecule has 2 rings (SSSR count). The maximum Gasteiger partial charge on any atom is 0.265 e. The number of nitrogens with one attached hydrogen (secondary N) is 1. The highest BCUT2D eigenvalue weighted by Crippen LogP contribution is 2.20. The van der Waals surface area contributed by atoms with Crippen LogP contribution < -0.4 is 14.8 Å². The highest BCUT2D eigenvalue weighted by atomic mass is 79.9. The summed E-state index contributed by atoms with van der Waals surface area (Å²) in [4.78, 5) is 12.2. The van der Waals surface area contributed by atoms with Gasteiger partial charge in [0.05, 0.1) is 6.10 Å². The van der Waals surface area contributed by atoms with Crippen LogP contribution in [0.15, 0.2) is 53.0 Å². The summed E-state index contributed by atoms with van der Waals surface area (Å²) < 4.78 is 12.1. The molecular formula is C18H20BrNO3. The third-order valence-electron chi connectivity index (χ3n) is 2.97. The summed E-state index contributed by atoms with van der Waals surface area (Å²) in [5, 5.41) is 2.83. The fourth-order valence-electron chi connectivity index (χ4n) is 1.93. The molecule has 1 atom stereocenters. The normalized spacial score (nSPS) is 11.9. The fraction of sp³-hybridized carbons (Fsp3) is 0.278. The van der Waals surface area contributed by atoms with Crippen LogP contribution in [-0.2, 0) is 4.79 Å². The summed E-state index contributed by atoms with van der Waals surface area (Å²) in [5.74, 6) is 1.21. The van der Waals surface area contributed by atoms with Gasteiger partial charge in [-0.1, -0.05) is 22.0 Å². The SMILES string of the molecule is CC(C)Oc1ccc(NC(=O)[C@@H](C)Oc2cccc(Br)c2)cc1. The Morgan fingerprint density at radius 3 is 2.30 bits per heavy atom. The van der Waals surface area contributed by atoms with Gasteiger partial charge in [-0.15, -0.1) is 0 Å². The van der Waals surface area contributed by atoms with E-state index in [0.717, 1.165) is 10.2 Å². The monoisotopic (exact) mass is 377 g/mol. The number of benzene rings is 2. The topological polar surface area (TPSA) is 47.6 Å². The van der Waals surface area contributed by atoms with Crippen LogP contribution >= 0.6 is 15.9 Å². The van der Waals surface area contributed by atoms with Gasteiger partial charge in [-0.2, -0.15) is 0 Å². The molecule has 0 aromatic heterocycles. The van der Waals surface area contributed by atoms with Crippen LogP contribution in [0.5, 0.6) is 11.5 Å². The molecule has 2 aromatic rings. The lowest BCUT2D eigenvalue weighted by Gasteiger charge is -2.15. The summed E-state index contributed by atoms with van der Waals surface area (Å²) >= 11 is 3.37. The van der Waals surface area contributed by atoms with Crippen molar-refractivity contribution in [1.29, 1.82) is 0 Å². The zero-order valence-electron chi connectivity index (χ0n) is 13.4.